The maximum atomic E-state index is 13.3. The van der Waals surface area contributed by atoms with Crippen molar-refractivity contribution in [3.05, 3.63) is 76.3 Å². The predicted molar refractivity (Wildman–Crippen MR) is 112 cm³/mol. The largest absolute Gasteiger partial charge is 0.328 e. The highest BCUT2D eigenvalue weighted by Crippen LogP contribution is 2.28. The van der Waals surface area contributed by atoms with Crippen molar-refractivity contribution in [1.29, 1.82) is 0 Å². The average Bonchev–Trinajstić information content (AvgIpc) is 2.68. The second-order valence-corrected chi connectivity index (χ2v) is 8.20. The molecule has 0 spiro atoms. The van der Waals surface area contributed by atoms with Crippen LogP contribution >= 0.6 is 0 Å². The van der Waals surface area contributed by atoms with Gasteiger partial charge in [-0.1, -0.05) is 63.2 Å². The quantitative estimate of drug-likeness (QED) is 0.689. The lowest BCUT2D eigenvalue weighted by Crippen LogP contribution is -2.42. The molecule has 5 nitrogen and oxygen atoms in total. The Bertz CT molecular complexity index is 1050. The van der Waals surface area contributed by atoms with Gasteiger partial charge in [0.05, 0.1) is 16.9 Å². The van der Waals surface area contributed by atoms with E-state index in [9.17, 15) is 9.59 Å². The van der Waals surface area contributed by atoms with Crippen molar-refractivity contribution in [2.45, 2.75) is 40.3 Å². The number of rotatable bonds is 4. The topological polar surface area (TPSA) is 55.2 Å². The summed E-state index contributed by atoms with van der Waals surface area (Å²) in [5.74, 6) is 0.600. The minimum atomic E-state index is -0.543. The Labute approximate surface area is 165 Å². The SMILES string of the molecule is CC(c1nc2ccccc2c(=O)n1C)N(Cc1ccccc1)C(=O)C(C)(C)C. The summed E-state index contributed by atoms with van der Waals surface area (Å²) in [6, 6.07) is 16.8. The number of nitrogens with zero attached hydrogens (tertiary/aromatic N) is 3. The van der Waals surface area contributed by atoms with Gasteiger partial charge < -0.3 is 4.90 Å². The summed E-state index contributed by atoms with van der Waals surface area (Å²) < 4.78 is 1.56. The third-order valence-corrected chi connectivity index (χ3v) is 4.96. The first-order chi connectivity index (χ1) is 13.2. The zero-order valence-corrected chi connectivity index (χ0v) is 17.1. The highest BCUT2D eigenvalue weighted by molar-refractivity contribution is 5.82. The second-order valence-electron chi connectivity index (χ2n) is 8.20. The molecule has 28 heavy (non-hydrogen) atoms. The third-order valence-electron chi connectivity index (χ3n) is 4.96. The smallest absolute Gasteiger partial charge is 0.261 e. The van der Waals surface area contributed by atoms with Gasteiger partial charge in [0.25, 0.3) is 5.56 Å². The number of benzene rings is 2. The Morgan fingerprint density at radius 3 is 2.32 bits per heavy atom. The molecular weight excluding hydrogens is 350 g/mol. The molecule has 0 aliphatic carbocycles. The molecule has 0 aliphatic rings. The molecule has 3 aromatic rings. The zero-order chi connectivity index (χ0) is 20.5. The fourth-order valence-electron chi connectivity index (χ4n) is 3.34. The number of carbonyl (C=O) groups excluding carboxylic acids is 1. The number of aromatic nitrogens is 2. The standard InChI is InChI=1S/C23H27N3O2/c1-16(20-24-19-14-10-9-13-18(19)21(27)25(20)5)26(22(28)23(2,3)4)15-17-11-7-6-8-12-17/h6-14,16H,15H2,1-5H3. The van der Waals surface area contributed by atoms with Gasteiger partial charge in [-0.25, -0.2) is 4.98 Å². The summed E-state index contributed by atoms with van der Waals surface area (Å²) in [6.07, 6.45) is 0. The average molecular weight is 377 g/mol. The number of hydrogen-bond acceptors (Lipinski definition) is 3. The van der Waals surface area contributed by atoms with Crippen LogP contribution in [0.2, 0.25) is 0 Å². The van der Waals surface area contributed by atoms with Gasteiger partial charge in [0.15, 0.2) is 0 Å². The maximum absolute atomic E-state index is 13.3. The number of fused-ring (bicyclic) bond motifs is 1. The van der Waals surface area contributed by atoms with E-state index in [1.54, 1.807) is 17.7 Å². The summed E-state index contributed by atoms with van der Waals surface area (Å²) in [7, 11) is 1.72. The van der Waals surface area contributed by atoms with Gasteiger partial charge in [-0.05, 0) is 24.6 Å². The van der Waals surface area contributed by atoms with Gasteiger partial charge in [-0.15, -0.1) is 0 Å². The van der Waals surface area contributed by atoms with Crippen LogP contribution in [0.25, 0.3) is 10.9 Å². The van der Waals surface area contributed by atoms with E-state index in [-0.39, 0.29) is 17.5 Å². The van der Waals surface area contributed by atoms with Crippen molar-refractivity contribution in [3.63, 3.8) is 0 Å². The predicted octanol–water partition coefficient (Wildman–Crippen LogP) is 4.07. The van der Waals surface area contributed by atoms with Crippen molar-refractivity contribution in [2.24, 2.45) is 12.5 Å². The van der Waals surface area contributed by atoms with Crippen LogP contribution in [0.3, 0.4) is 0 Å². The Morgan fingerprint density at radius 1 is 1.07 bits per heavy atom. The molecule has 2 aromatic carbocycles. The van der Waals surface area contributed by atoms with Crippen LogP contribution in [-0.4, -0.2) is 20.4 Å². The van der Waals surface area contributed by atoms with E-state index in [1.165, 1.54) is 0 Å². The van der Waals surface area contributed by atoms with E-state index < -0.39 is 5.41 Å². The maximum Gasteiger partial charge on any atom is 0.261 e. The van der Waals surface area contributed by atoms with Gasteiger partial charge >= 0.3 is 0 Å². The van der Waals surface area contributed by atoms with E-state index in [0.717, 1.165) is 5.56 Å². The first-order valence-electron chi connectivity index (χ1n) is 9.51. The van der Waals surface area contributed by atoms with Gasteiger partial charge in [-0.2, -0.15) is 0 Å². The van der Waals surface area contributed by atoms with Crippen LogP contribution in [0, 0.1) is 5.41 Å². The van der Waals surface area contributed by atoms with Crippen LogP contribution in [-0.2, 0) is 18.4 Å². The fraction of sp³-hybridized carbons (Fsp3) is 0.348. The minimum Gasteiger partial charge on any atom is -0.328 e. The van der Waals surface area contributed by atoms with Crippen LogP contribution in [0.5, 0.6) is 0 Å². The van der Waals surface area contributed by atoms with Gasteiger partial charge in [0, 0.05) is 19.0 Å². The first kappa shape index (κ1) is 19.8. The molecule has 1 atom stereocenters. The molecule has 1 aromatic heterocycles. The molecular formula is C23H27N3O2. The molecule has 1 amide bonds. The highest BCUT2D eigenvalue weighted by atomic mass is 16.2. The monoisotopic (exact) mass is 377 g/mol. The van der Waals surface area contributed by atoms with Gasteiger partial charge in [0.2, 0.25) is 5.91 Å². The van der Waals surface area contributed by atoms with E-state index in [0.29, 0.717) is 23.3 Å². The molecule has 0 aliphatic heterocycles. The summed E-state index contributed by atoms with van der Waals surface area (Å²) in [5, 5.41) is 0.581. The van der Waals surface area contributed by atoms with Crippen molar-refractivity contribution < 1.29 is 4.79 Å². The molecule has 146 valence electrons. The van der Waals surface area contributed by atoms with E-state index in [4.69, 9.17) is 4.98 Å². The molecule has 1 unspecified atom stereocenters. The Balaban J connectivity index is 2.10. The van der Waals surface area contributed by atoms with Crippen LogP contribution in [0.15, 0.2) is 59.4 Å². The number of hydrogen-bond donors (Lipinski definition) is 0. The minimum absolute atomic E-state index is 0.0197. The Kier molecular flexibility index (Phi) is 5.36. The molecule has 0 saturated carbocycles. The summed E-state index contributed by atoms with van der Waals surface area (Å²) in [5.41, 5.74) is 1.04. The number of amides is 1. The molecule has 0 radical (unpaired) electrons. The second kappa shape index (κ2) is 7.58. The zero-order valence-electron chi connectivity index (χ0n) is 17.1. The van der Waals surface area contributed by atoms with E-state index in [2.05, 4.69) is 0 Å². The van der Waals surface area contributed by atoms with Crippen molar-refractivity contribution in [2.75, 3.05) is 0 Å². The van der Waals surface area contributed by atoms with Crippen LogP contribution in [0.4, 0.5) is 0 Å². The molecule has 5 heteroatoms. The van der Waals surface area contributed by atoms with E-state index in [1.807, 2.05) is 81.1 Å². The number of para-hydroxylation sites is 1. The number of carbonyl (C=O) groups is 1. The Hall–Kier alpha value is -2.95. The Morgan fingerprint density at radius 2 is 1.68 bits per heavy atom. The lowest BCUT2D eigenvalue weighted by atomic mass is 9.93. The van der Waals surface area contributed by atoms with Crippen LogP contribution in [0.1, 0.15) is 45.1 Å². The normalized spacial score (nSPS) is 12.8. The molecule has 0 fully saturated rings. The van der Waals surface area contributed by atoms with Crippen LogP contribution < -0.4 is 5.56 Å². The lowest BCUT2D eigenvalue weighted by molar-refractivity contribution is -0.142. The third kappa shape index (κ3) is 3.84. The summed E-state index contributed by atoms with van der Waals surface area (Å²) >= 11 is 0. The first-order valence-corrected chi connectivity index (χ1v) is 9.51. The van der Waals surface area contributed by atoms with E-state index >= 15 is 0 Å². The molecule has 0 bridgehead atoms. The van der Waals surface area contributed by atoms with Crippen molar-refractivity contribution in [1.82, 2.24) is 14.5 Å². The molecule has 0 N–H and O–H groups in total. The molecule has 1 heterocycles. The summed E-state index contributed by atoms with van der Waals surface area (Å²) in [6.45, 7) is 8.12. The van der Waals surface area contributed by atoms with Gasteiger partial charge in [-0.3, -0.25) is 14.2 Å². The fourth-order valence-corrected chi connectivity index (χ4v) is 3.34. The highest BCUT2D eigenvalue weighted by Gasteiger charge is 2.32. The molecule has 3 rings (SSSR count). The molecule has 0 saturated heterocycles. The lowest BCUT2D eigenvalue weighted by Gasteiger charge is -2.34. The van der Waals surface area contributed by atoms with Crippen molar-refractivity contribution >= 4 is 16.8 Å². The van der Waals surface area contributed by atoms with Crippen molar-refractivity contribution in [3.8, 4) is 0 Å². The summed E-state index contributed by atoms with van der Waals surface area (Å²) in [4.78, 5) is 32.6. The van der Waals surface area contributed by atoms with Gasteiger partial charge in [0.1, 0.15) is 5.82 Å².